The quantitative estimate of drug-likeness (QED) is 0.691. The molecule has 2 aromatic rings. The maximum Gasteiger partial charge on any atom is 0.296 e. The van der Waals surface area contributed by atoms with E-state index in [0.717, 1.165) is 16.5 Å². The van der Waals surface area contributed by atoms with Gasteiger partial charge in [0.15, 0.2) is 0 Å². The van der Waals surface area contributed by atoms with Crippen LogP contribution in [-0.4, -0.2) is 36.3 Å². The van der Waals surface area contributed by atoms with Crippen molar-refractivity contribution in [3.05, 3.63) is 36.0 Å². The molecule has 0 aliphatic carbocycles. The number of H-pyrrole nitrogens is 1. The van der Waals surface area contributed by atoms with E-state index in [1.165, 1.54) is 14.2 Å². The lowest BCUT2D eigenvalue weighted by Gasteiger charge is -2.30. The number of aliphatic hydroxyl groups is 1. The van der Waals surface area contributed by atoms with E-state index in [9.17, 15) is 5.11 Å². The SMILES string of the molecule is COC(O)(OC)[C@@H](N)Cc1c[nH]c2ccccc12. The summed E-state index contributed by atoms with van der Waals surface area (Å²) in [5.74, 6) is -1.77. The van der Waals surface area contributed by atoms with Gasteiger partial charge in [0.05, 0.1) is 6.04 Å². The standard InChI is InChI=1S/C13H18N2O3/c1-17-13(16,18-2)12(14)7-9-8-15-11-6-4-3-5-10(9)11/h3-6,8,12,15-16H,7,14H2,1-2H3/t12-/m0/s1. The smallest absolute Gasteiger partial charge is 0.296 e. The molecule has 2 rings (SSSR count). The Kier molecular flexibility index (Phi) is 3.68. The van der Waals surface area contributed by atoms with Gasteiger partial charge >= 0.3 is 0 Å². The number of nitrogens with one attached hydrogen (secondary N) is 1. The number of aromatic amines is 1. The Morgan fingerprint density at radius 2 is 2.00 bits per heavy atom. The van der Waals surface area contributed by atoms with E-state index < -0.39 is 12.0 Å². The van der Waals surface area contributed by atoms with Crippen molar-refractivity contribution in [2.24, 2.45) is 5.73 Å². The Morgan fingerprint density at radius 1 is 1.33 bits per heavy atom. The Hall–Kier alpha value is -1.40. The van der Waals surface area contributed by atoms with Gasteiger partial charge in [-0.3, -0.25) is 0 Å². The lowest BCUT2D eigenvalue weighted by Crippen LogP contribution is -2.52. The minimum Gasteiger partial charge on any atom is -0.361 e. The second kappa shape index (κ2) is 5.07. The van der Waals surface area contributed by atoms with Crippen molar-refractivity contribution in [1.29, 1.82) is 0 Å². The zero-order valence-electron chi connectivity index (χ0n) is 10.5. The Balaban J connectivity index is 2.24. The van der Waals surface area contributed by atoms with Crippen LogP contribution in [0.4, 0.5) is 0 Å². The van der Waals surface area contributed by atoms with Gasteiger partial charge in [0.25, 0.3) is 5.97 Å². The fourth-order valence-electron chi connectivity index (χ4n) is 2.05. The third-order valence-corrected chi connectivity index (χ3v) is 3.17. The number of methoxy groups -OCH3 is 2. The van der Waals surface area contributed by atoms with Crippen LogP contribution in [0.25, 0.3) is 10.9 Å². The zero-order valence-corrected chi connectivity index (χ0v) is 10.5. The van der Waals surface area contributed by atoms with Gasteiger partial charge < -0.3 is 25.3 Å². The van der Waals surface area contributed by atoms with Gasteiger partial charge in [0.2, 0.25) is 0 Å². The van der Waals surface area contributed by atoms with Crippen LogP contribution in [0.2, 0.25) is 0 Å². The van der Waals surface area contributed by atoms with Crippen LogP contribution >= 0.6 is 0 Å². The van der Waals surface area contributed by atoms with Crippen LogP contribution in [0, 0.1) is 0 Å². The van der Waals surface area contributed by atoms with Gasteiger partial charge in [-0.15, -0.1) is 0 Å². The number of para-hydroxylation sites is 1. The van der Waals surface area contributed by atoms with E-state index >= 15 is 0 Å². The monoisotopic (exact) mass is 250 g/mol. The average molecular weight is 250 g/mol. The molecular formula is C13H18N2O3. The molecule has 0 bridgehead atoms. The number of aromatic nitrogens is 1. The van der Waals surface area contributed by atoms with E-state index in [0.29, 0.717) is 6.42 Å². The topological polar surface area (TPSA) is 80.5 Å². The van der Waals surface area contributed by atoms with E-state index in [1.807, 2.05) is 30.5 Å². The summed E-state index contributed by atoms with van der Waals surface area (Å²) < 4.78 is 9.82. The first-order valence-corrected chi connectivity index (χ1v) is 5.74. The maximum atomic E-state index is 9.99. The van der Waals surface area contributed by atoms with Crippen molar-refractivity contribution in [3.8, 4) is 0 Å². The van der Waals surface area contributed by atoms with Crippen molar-refractivity contribution >= 4 is 10.9 Å². The maximum absolute atomic E-state index is 9.99. The fourth-order valence-corrected chi connectivity index (χ4v) is 2.05. The molecule has 0 unspecified atom stereocenters. The summed E-state index contributed by atoms with van der Waals surface area (Å²) in [6, 6.07) is 7.25. The molecule has 5 heteroatoms. The summed E-state index contributed by atoms with van der Waals surface area (Å²) in [6.07, 6.45) is 2.33. The first kappa shape index (κ1) is 13.0. The van der Waals surface area contributed by atoms with E-state index in [4.69, 9.17) is 15.2 Å². The number of hydrogen-bond donors (Lipinski definition) is 3. The van der Waals surface area contributed by atoms with Gasteiger partial charge in [-0.1, -0.05) is 18.2 Å². The molecule has 0 spiro atoms. The molecule has 0 saturated heterocycles. The van der Waals surface area contributed by atoms with Crippen molar-refractivity contribution in [1.82, 2.24) is 4.98 Å². The van der Waals surface area contributed by atoms with Gasteiger partial charge in [-0.2, -0.15) is 0 Å². The lowest BCUT2D eigenvalue weighted by atomic mass is 10.0. The normalized spacial score (nSPS) is 14.0. The largest absolute Gasteiger partial charge is 0.361 e. The molecule has 0 fully saturated rings. The van der Waals surface area contributed by atoms with Gasteiger partial charge in [0.1, 0.15) is 0 Å². The molecule has 0 aliphatic rings. The second-order valence-electron chi connectivity index (χ2n) is 4.21. The first-order valence-electron chi connectivity index (χ1n) is 5.74. The minimum absolute atomic E-state index is 0.447. The van der Waals surface area contributed by atoms with Crippen LogP contribution in [0.1, 0.15) is 5.56 Å². The summed E-state index contributed by atoms with van der Waals surface area (Å²) in [7, 11) is 2.72. The molecule has 98 valence electrons. The number of benzene rings is 1. The average Bonchev–Trinajstić information content (AvgIpc) is 2.81. The highest BCUT2D eigenvalue weighted by molar-refractivity contribution is 5.83. The highest BCUT2D eigenvalue weighted by Crippen LogP contribution is 2.22. The molecule has 0 radical (unpaired) electrons. The van der Waals surface area contributed by atoms with Crippen LogP contribution < -0.4 is 5.73 Å². The van der Waals surface area contributed by atoms with Crippen LogP contribution in [0.5, 0.6) is 0 Å². The number of ether oxygens (including phenoxy) is 2. The predicted octanol–water partition coefficient (Wildman–Crippen LogP) is 0.977. The molecule has 1 heterocycles. The summed E-state index contributed by atoms with van der Waals surface area (Å²) in [4.78, 5) is 3.16. The number of nitrogens with two attached hydrogens (primary N) is 1. The summed E-state index contributed by atoms with van der Waals surface area (Å²) in [5.41, 5.74) is 8.00. The van der Waals surface area contributed by atoms with E-state index in [1.54, 1.807) is 0 Å². The zero-order chi connectivity index (χ0) is 13.2. The molecule has 1 aromatic heterocycles. The molecule has 1 atom stereocenters. The highest BCUT2D eigenvalue weighted by atomic mass is 16.8. The first-order chi connectivity index (χ1) is 8.60. The summed E-state index contributed by atoms with van der Waals surface area (Å²) >= 11 is 0. The molecule has 1 aromatic carbocycles. The van der Waals surface area contributed by atoms with Gasteiger partial charge in [-0.25, -0.2) is 0 Å². The fraction of sp³-hybridized carbons (Fsp3) is 0.385. The molecule has 0 amide bonds. The number of fused-ring (bicyclic) bond motifs is 1. The Morgan fingerprint density at radius 3 is 2.67 bits per heavy atom. The van der Waals surface area contributed by atoms with Crippen molar-refractivity contribution < 1.29 is 14.6 Å². The van der Waals surface area contributed by atoms with Gasteiger partial charge in [-0.05, 0) is 18.1 Å². The summed E-state index contributed by atoms with van der Waals surface area (Å²) in [5, 5.41) is 11.1. The molecule has 18 heavy (non-hydrogen) atoms. The molecule has 4 N–H and O–H groups in total. The Labute approximate surface area is 106 Å². The van der Waals surface area contributed by atoms with Crippen LogP contribution in [0.3, 0.4) is 0 Å². The van der Waals surface area contributed by atoms with Crippen molar-refractivity contribution in [3.63, 3.8) is 0 Å². The lowest BCUT2D eigenvalue weighted by molar-refractivity contribution is -0.349. The second-order valence-corrected chi connectivity index (χ2v) is 4.21. The van der Waals surface area contributed by atoms with Gasteiger partial charge in [0, 0.05) is 31.3 Å². The molecule has 5 nitrogen and oxygen atoms in total. The predicted molar refractivity (Wildman–Crippen MR) is 68.9 cm³/mol. The molecule has 0 aliphatic heterocycles. The minimum atomic E-state index is -1.77. The molecule has 0 saturated carbocycles. The van der Waals surface area contributed by atoms with Crippen LogP contribution in [-0.2, 0) is 15.9 Å². The summed E-state index contributed by atoms with van der Waals surface area (Å²) in [6.45, 7) is 0. The van der Waals surface area contributed by atoms with Crippen molar-refractivity contribution in [2.75, 3.05) is 14.2 Å². The van der Waals surface area contributed by atoms with E-state index in [-0.39, 0.29) is 0 Å². The van der Waals surface area contributed by atoms with E-state index in [2.05, 4.69) is 4.98 Å². The third-order valence-electron chi connectivity index (χ3n) is 3.17. The third kappa shape index (κ3) is 2.26. The number of rotatable bonds is 5. The number of hydrogen-bond acceptors (Lipinski definition) is 4. The molecular weight excluding hydrogens is 232 g/mol. The highest BCUT2D eigenvalue weighted by Gasteiger charge is 2.35. The van der Waals surface area contributed by atoms with Crippen LogP contribution in [0.15, 0.2) is 30.5 Å². The Bertz CT molecular complexity index is 520. The van der Waals surface area contributed by atoms with Crippen molar-refractivity contribution in [2.45, 2.75) is 18.4 Å².